The zero-order chi connectivity index (χ0) is 12.3. The number of fused-ring (bicyclic) bond motifs is 5. The molecule has 18 heavy (non-hydrogen) atoms. The van der Waals surface area contributed by atoms with Crippen molar-refractivity contribution in [3.8, 4) is 0 Å². The van der Waals surface area contributed by atoms with E-state index in [-0.39, 0.29) is 0 Å². The Labute approximate surface area is 105 Å². The molecule has 2 heteroatoms. The zero-order valence-electron chi connectivity index (χ0n) is 10.5. The smallest absolute Gasteiger partial charge is 0.181 e. The van der Waals surface area contributed by atoms with Crippen LogP contribution in [-0.4, -0.2) is 0 Å². The molecule has 1 atom stereocenters. The van der Waals surface area contributed by atoms with Gasteiger partial charge in [-0.15, -0.1) is 0 Å². The van der Waals surface area contributed by atoms with Crippen LogP contribution in [0.1, 0.15) is 23.8 Å². The summed E-state index contributed by atoms with van der Waals surface area (Å²) in [6, 6.07) is 6.12. The first kappa shape index (κ1) is 10.0. The maximum Gasteiger partial charge on any atom is 0.181 e. The van der Waals surface area contributed by atoms with E-state index in [0.717, 1.165) is 34.3 Å². The van der Waals surface area contributed by atoms with Gasteiger partial charge in [-0.1, -0.05) is 25.1 Å². The van der Waals surface area contributed by atoms with Gasteiger partial charge in [0, 0.05) is 5.56 Å². The van der Waals surface area contributed by atoms with E-state index < -0.39 is 0 Å². The number of allylic oxidation sites excluding steroid dienone is 1. The molecular formula is C16H14O2. The SMILES string of the molecule is Cc1cccc2oc3c4c(oc3c12)C=CC(C)C4. The van der Waals surface area contributed by atoms with Gasteiger partial charge in [-0.2, -0.15) is 0 Å². The summed E-state index contributed by atoms with van der Waals surface area (Å²) in [6.45, 7) is 4.31. The van der Waals surface area contributed by atoms with Crippen molar-refractivity contribution >= 4 is 28.2 Å². The van der Waals surface area contributed by atoms with Gasteiger partial charge in [0.25, 0.3) is 0 Å². The molecule has 0 aliphatic heterocycles. The van der Waals surface area contributed by atoms with Gasteiger partial charge in [0.15, 0.2) is 11.2 Å². The standard InChI is InChI=1S/C16H14O2/c1-9-6-7-12-11(8-9)15-16(17-12)14-10(2)4-3-5-13(14)18-15/h3-7,9H,8H2,1-2H3. The highest BCUT2D eigenvalue weighted by atomic mass is 16.4. The Bertz CT molecular complexity index is 786. The second-order valence-electron chi connectivity index (χ2n) is 5.19. The van der Waals surface area contributed by atoms with Crippen molar-refractivity contribution < 1.29 is 8.83 Å². The number of aryl methyl sites for hydroxylation is 1. The highest BCUT2D eigenvalue weighted by Crippen LogP contribution is 2.39. The van der Waals surface area contributed by atoms with Gasteiger partial charge in [0.2, 0.25) is 0 Å². The predicted molar refractivity (Wildman–Crippen MR) is 72.6 cm³/mol. The van der Waals surface area contributed by atoms with Crippen molar-refractivity contribution in [2.75, 3.05) is 0 Å². The largest absolute Gasteiger partial charge is 0.452 e. The zero-order valence-corrected chi connectivity index (χ0v) is 10.5. The van der Waals surface area contributed by atoms with Gasteiger partial charge in [-0.05, 0) is 37.0 Å². The Kier molecular flexibility index (Phi) is 1.83. The summed E-state index contributed by atoms with van der Waals surface area (Å²) in [4.78, 5) is 0. The molecule has 1 aromatic carbocycles. The van der Waals surface area contributed by atoms with Gasteiger partial charge in [0.05, 0.1) is 5.39 Å². The van der Waals surface area contributed by atoms with Gasteiger partial charge in [-0.3, -0.25) is 0 Å². The molecule has 90 valence electrons. The van der Waals surface area contributed by atoms with E-state index >= 15 is 0 Å². The maximum absolute atomic E-state index is 5.99. The van der Waals surface area contributed by atoms with Gasteiger partial charge >= 0.3 is 0 Å². The van der Waals surface area contributed by atoms with E-state index in [9.17, 15) is 0 Å². The molecule has 2 aromatic heterocycles. The molecule has 0 saturated heterocycles. The predicted octanol–water partition coefficient (Wildman–Crippen LogP) is 4.69. The molecule has 0 N–H and O–H groups in total. The van der Waals surface area contributed by atoms with Gasteiger partial charge in [0.1, 0.15) is 11.3 Å². The highest BCUT2D eigenvalue weighted by molar-refractivity contribution is 6.05. The minimum Gasteiger partial charge on any atom is -0.452 e. The Morgan fingerprint density at radius 3 is 2.94 bits per heavy atom. The first-order valence-corrected chi connectivity index (χ1v) is 6.36. The molecule has 0 spiro atoms. The summed E-state index contributed by atoms with van der Waals surface area (Å²) < 4.78 is 12.0. The minimum atomic E-state index is 0.549. The summed E-state index contributed by atoms with van der Waals surface area (Å²) in [5.41, 5.74) is 5.19. The van der Waals surface area contributed by atoms with Gasteiger partial charge in [-0.25, -0.2) is 0 Å². The molecule has 2 nitrogen and oxygen atoms in total. The molecule has 0 bridgehead atoms. The van der Waals surface area contributed by atoms with Crippen LogP contribution >= 0.6 is 0 Å². The first-order chi connectivity index (χ1) is 8.74. The Morgan fingerprint density at radius 1 is 1.17 bits per heavy atom. The fourth-order valence-corrected chi connectivity index (χ4v) is 2.84. The number of rotatable bonds is 0. The number of benzene rings is 1. The highest BCUT2D eigenvalue weighted by Gasteiger charge is 2.23. The molecule has 0 fully saturated rings. The summed E-state index contributed by atoms with van der Waals surface area (Å²) in [5, 5.41) is 1.11. The molecule has 3 aromatic rings. The van der Waals surface area contributed by atoms with Crippen LogP contribution in [0, 0.1) is 12.8 Å². The molecule has 1 aliphatic rings. The van der Waals surface area contributed by atoms with Crippen LogP contribution in [-0.2, 0) is 6.42 Å². The second kappa shape index (κ2) is 3.29. The minimum absolute atomic E-state index is 0.549. The van der Waals surface area contributed by atoms with Crippen molar-refractivity contribution in [2.45, 2.75) is 20.3 Å². The van der Waals surface area contributed by atoms with Crippen LogP contribution < -0.4 is 0 Å². The van der Waals surface area contributed by atoms with Gasteiger partial charge < -0.3 is 8.83 Å². The lowest BCUT2D eigenvalue weighted by Gasteiger charge is -2.09. The van der Waals surface area contributed by atoms with E-state index in [1.165, 1.54) is 11.1 Å². The summed E-state index contributed by atoms with van der Waals surface area (Å²) in [5.74, 6) is 1.51. The van der Waals surface area contributed by atoms with Crippen LogP contribution in [0.3, 0.4) is 0 Å². The lowest BCUT2D eigenvalue weighted by atomic mass is 9.95. The van der Waals surface area contributed by atoms with Crippen molar-refractivity contribution in [3.63, 3.8) is 0 Å². The Morgan fingerprint density at radius 2 is 2.06 bits per heavy atom. The number of hydrogen-bond donors (Lipinski definition) is 0. The molecule has 0 saturated carbocycles. The maximum atomic E-state index is 5.99. The van der Waals surface area contributed by atoms with Crippen molar-refractivity contribution in [1.82, 2.24) is 0 Å². The van der Waals surface area contributed by atoms with Crippen LogP contribution in [0.25, 0.3) is 28.2 Å². The lowest BCUT2D eigenvalue weighted by molar-refractivity contribution is 0.586. The monoisotopic (exact) mass is 238 g/mol. The first-order valence-electron chi connectivity index (χ1n) is 6.36. The van der Waals surface area contributed by atoms with E-state index in [1.807, 2.05) is 12.1 Å². The summed E-state index contributed by atoms with van der Waals surface area (Å²) in [7, 11) is 0. The lowest BCUT2D eigenvalue weighted by Crippen LogP contribution is -2.00. The molecule has 0 amide bonds. The average molecular weight is 238 g/mol. The van der Waals surface area contributed by atoms with Crippen LogP contribution in [0.2, 0.25) is 0 Å². The topological polar surface area (TPSA) is 26.3 Å². The number of hydrogen-bond acceptors (Lipinski definition) is 2. The van der Waals surface area contributed by atoms with E-state index in [1.54, 1.807) is 0 Å². The summed E-state index contributed by atoms with van der Waals surface area (Å²) in [6.07, 6.45) is 5.26. The Balaban J connectivity index is 2.15. The molecular weight excluding hydrogens is 224 g/mol. The van der Waals surface area contributed by atoms with Crippen molar-refractivity contribution in [2.24, 2.45) is 5.92 Å². The molecule has 1 unspecified atom stereocenters. The fourth-order valence-electron chi connectivity index (χ4n) is 2.84. The quantitative estimate of drug-likeness (QED) is 0.567. The third kappa shape index (κ3) is 1.18. The molecule has 4 rings (SSSR count). The second-order valence-corrected chi connectivity index (χ2v) is 5.19. The molecule has 1 aliphatic carbocycles. The van der Waals surface area contributed by atoms with Crippen molar-refractivity contribution in [3.05, 3.63) is 41.2 Å². The third-order valence-corrected chi connectivity index (χ3v) is 3.77. The average Bonchev–Trinajstić information content (AvgIpc) is 2.86. The van der Waals surface area contributed by atoms with Crippen LogP contribution in [0.5, 0.6) is 0 Å². The van der Waals surface area contributed by atoms with E-state index in [4.69, 9.17) is 8.83 Å². The number of furan rings is 2. The van der Waals surface area contributed by atoms with Crippen LogP contribution in [0.15, 0.2) is 33.1 Å². The van der Waals surface area contributed by atoms with Crippen molar-refractivity contribution in [1.29, 1.82) is 0 Å². The fraction of sp³-hybridized carbons (Fsp3) is 0.250. The summed E-state index contributed by atoms with van der Waals surface area (Å²) >= 11 is 0. The van der Waals surface area contributed by atoms with Crippen LogP contribution in [0.4, 0.5) is 0 Å². The van der Waals surface area contributed by atoms with E-state index in [0.29, 0.717) is 5.92 Å². The molecule has 2 heterocycles. The Hall–Kier alpha value is -1.96. The van der Waals surface area contributed by atoms with E-state index in [2.05, 4.69) is 32.1 Å². The molecule has 0 radical (unpaired) electrons. The normalized spacial score (nSPS) is 18.7. The third-order valence-electron chi connectivity index (χ3n) is 3.77.